The van der Waals surface area contributed by atoms with Gasteiger partial charge in [-0.15, -0.1) is 0 Å². The summed E-state index contributed by atoms with van der Waals surface area (Å²) in [5, 5.41) is 19.8. The molecule has 10 nitrogen and oxygen atoms in total. The minimum atomic E-state index is -0.151. The third-order valence-electron chi connectivity index (χ3n) is 7.16. The summed E-state index contributed by atoms with van der Waals surface area (Å²) in [5.74, 6) is 1.41. The number of carbonyl (C=O) groups excluding carboxylic acids is 1. The molecule has 1 fully saturated rings. The van der Waals surface area contributed by atoms with Crippen molar-refractivity contribution in [3.05, 3.63) is 84.6 Å². The molecule has 2 amide bonds. The Morgan fingerprint density at radius 3 is 2.52 bits per heavy atom. The molecule has 1 aliphatic rings. The summed E-state index contributed by atoms with van der Waals surface area (Å²) in [6.07, 6.45) is 12.2. The summed E-state index contributed by atoms with van der Waals surface area (Å²) < 4.78 is 7.04. The number of methoxy groups -OCH3 is 1. The highest BCUT2D eigenvalue weighted by molar-refractivity contribution is 5.93. The molecule has 0 saturated heterocycles. The van der Waals surface area contributed by atoms with Crippen molar-refractivity contribution >= 4 is 17.5 Å². The molecule has 4 aromatic rings. The maximum absolute atomic E-state index is 13.7. The highest BCUT2D eigenvalue weighted by atomic mass is 16.5. The van der Waals surface area contributed by atoms with Crippen molar-refractivity contribution in [2.24, 2.45) is 7.05 Å². The van der Waals surface area contributed by atoms with Crippen molar-refractivity contribution in [3.8, 4) is 22.9 Å². The number of nitriles is 1. The van der Waals surface area contributed by atoms with Crippen LogP contribution in [0.3, 0.4) is 0 Å². The first kappa shape index (κ1) is 26.7. The van der Waals surface area contributed by atoms with E-state index in [4.69, 9.17) is 10.00 Å². The molecule has 1 aromatic carbocycles. The Bertz CT molecular complexity index is 1470. The molecular formula is C30H32N8O2. The zero-order chi connectivity index (χ0) is 27.9. The van der Waals surface area contributed by atoms with E-state index in [-0.39, 0.29) is 18.1 Å². The average molecular weight is 537 g/mol. The minimum Gasteiger partial charge on any atom is -0.495 e. The molecule has 3 heterocycles. The first-order valence-electron chi connectivity index (χ1n) is 13.3. The first-order chi connectivity index (χ1) is 19.5. The number of ether oxygens (including phenoxy) is 1. The Labute approximate surface area is 233 Å². The highest BCUT2D eigenvalue weighted by Crippen LogP contribution is 2.31. The van der Waals surface area contributed by atoms with Gasteiger partial charge < -0.3 is 15.4 Å². The van der Waals surface area contributed by atoms with Crippen molar-refractivity contribution in [3.63, 3.8) is 0 Å². The van der Waals surface area contributed by atoms with Crippen molar-refractivity contribution in [2.75, 3.05) is 17.3 Å². The molecule has 40 heavy (non-hydrogen) atoms. The van der Waals surface area contributed by atoms with Crippen LogP contribution in [0.4, 0.5) is 16.3 Å². The summed E-state index contributed by atoms with van der Waals surface area (Å²) in [6.45, 7) is 0.342. The number of hydrogen-bond acceptors (Lipinski definition) is 7. The molecule has 204 valence electrons. The number of aryl methyl sites for hydroxylation is 1. The van der Waals surface area contributed by atoms with Crippen LogP contribution >= 0.6 is 0 Å². The molecule has 3 aromatic heterocycles. The number of nitrogens with zero attached hydrogens (tertiary/aromatic N) is 6. The van der Waals surface area contributed by atoms with Crippen LogP contribution in [0, 0.1) is 11.3 Å². The van der Waals surface area contributed by atoms with Gasteiger partial charge in [0.05, 0.1) is 25.1 Å². The number of hydrogen-bond donors (Lipinski definition) is 2. The van der Waals surface area contributed by atoms with E-state index in [0.29, 0.717) is 17.9 Å². The van der Waals surface area contributed by atoms with Gasteiger partial charge >= 0.3 is 6.03 Å². The number of carbonyl (C=O) groups is 1. The quantitative estimate of drug-likeness (QED) is 0.329. The number of anilines is 2. The molecule has 0 atom stereocenters. The third-order valence-corrected chi connectivity index (χ3v) is 7.16. The second-order valence-electron chi connectivity index (χ2n) is 9.90. The summed E-state index contributed by atoms with van der Waals surface area (Å²) in [5.41, 5.74) is 4.32. The lowest BCUT2D eigenvalue weighted by Gasteiger charge is -2.37. The van der Waals surface area contributed by atoms with Gasteiger partial charge in [0, 0.05) is 55.5 Å². The van der Waals surface area contributed by atoms with Gasteiger partial charge in [-0.3, -0.25) is 14.6 Å². The van der Waals surface area contributed by atoms with Gasteiger partial charge in [-0.05, 0) is 67.1 Å². The second kappa shape index (κ2) is 12.3. The Kier molecular flexibility index (Phi) is 8.21. The molecule has 5 rings (SSSR count). The topological polar surface area (TPSA) is 121 Å². The third kappa shape index (κ3) is 6.38. The van der Waals surface area contributed by atoms with E-state index in [1.165, 1.54) is 0 Å². The van der Waals surface area contributed by atoms with Crippen LogP contribution in [0.1, 0.15) is 36.8 Å². The molecule has 0 aliphatic heterocycles. The fourth-order valence-electron chi connectivity index (χ4n) is 5.05. The Morgan fingerprint density at radius 2 is 1.88 bits per heavy atom. The smallest absolute Gasteiger partial charge is 0.322 e. The van der Waals surface area contributed by atoms with E-state index in [0.717, 1.165) is 53.9 Å². The fourth-order valence-corrected chi connectivity index (χ4v) is 5.05. The molecule has 0 bridgehead atoms. The minimum absolute atomic E-state index is 0.0413. The van der Waals surface area contributed by atoms with E-state index in [1.54, 1.807) is 36.4 Å². The normalized spacial score (nSPS) is 16.5. The van der Waals surface area contributed by atoms with Gasteiger partial charge in [0.2, 0.25) is 0 Å². The van der Waals surface area contributed by atoms with Crippen molar-refractivity contribution in [2.45, 2.75) is 44.3 Å². The molecule has 0 unspecified atom stereocenters. The molecule has 1 saturated carbocycles. The van der Waals surface area contributed by atoms with Gasteiger partial charge in [0.15, 0.2) is 0 Å². The van der Waals surface area contributed by atoms with Crippen LogP contribution < -0.4 is 20.3 Å². The van der Waals surface area contributed by atoms with Crippen molar-refractivity contribution in [1.82, 2.24) is 25.1 Å². The van der Waals surface area contributed by atoms with Crippen LogP contribution in [0.2, 0.25) is 0 Å². The van der Waals surface area contributed by atoms with Gasteiger partial charge in [-0.1, -0.05) is 12.1 Å². The zero-order valence-electron chi connectivity index (χ0n) is 22.6. The van der Waals surface area contributed by atoms with Crippen LogP contribution in [-0.2, 0) is 13.6 Å². The molecular weight excluding hydrogens is 504 g/mol. The average Bonchev–Trinajstić information content (AvgIpc) is 3.44. The van der Waals surface area contributed by atoms with Gasteiger partial charge in [0.25, 0.3) is 0 Å². The number of amides is 2. The number of benzene rings is 1. The number of rotatable bonds is 8. The van der Waals surface area contributed by atoms with Gasteiger partial charge in [0.1, 0.15) is 17.6 Å². The van der Waals surface area contributed by atoms with Crippen molar-refractivity contribution < 1.29 is 9.53 Å². The number of pyridine rings is 2. The number of urea groups is 1. The molecule has 0 spiro atoms. The number of aromatic nitrogens is 4. The summed E-state index contributed by atoms with van der Waals surface area (Å²) >= 11 is 0. The highest BCUT2D eigenvalue weighted by Gasteiger charge is 2.30. The van der Waals surface area contributed by atoms with E-state index >= 15 is 0 Å². The summed E-state index contributed by atoms with van der Waals surface area (Å²) in [6, 6.07) is 15.8. The van der Waals surface area contributed by atoms with E-state index < -0.39 is 0 Å². The van der Waals surface area contributed by atoms with Crippen LogP contribution in [-0.4, -0.2) is 45.0 Å². The zero-order valence-corrected chi connectivity index (χ0v) is 22.6. The largest absolute Gasteiger partial charge is 0.495 e. The lowest BCUT2D eigenvalue weighted by molar-refractivity contribution is 0.240. The predicted octanol–water partition coefficient (Wildman–Crippen LogP) is 4.90. The SMILES string of the molecule is COc1cncc(CNC(=O)N(c2ccc(-c3cnn(C)c3)cc2)[C@H]2CC[C@H](Nc3ccc(C#N)cn3)CC2)c1. The van der Waals surface area contributed by atoms with Crippen LogP contribution in [0.5, 0.6) is 5.75 Å². The first-order valence-corrected chi connectivity index (χ1v) is 13.3. The number of nitrogens with one attached hydrogen (secondary N) is 2. The molecule has 0 radical (unpaired) electrons. The van der Waals surface area contributed by atoms with Crippen LogP contribution in [0.25, 0.3) is 11.1 Å². The summed E-state index contributed by atoms with van der Waals surface area (Å²) in [7, 11) is 3.49. The maximum Gasteiger partial charge on any atom is 0.322 e. The fraction of sp³-hybridized carbons (Fsp3) is 0.300. The Morgan fingerprint density at radius 1 is 1.07 bits per heavy atom. The summed E-state index contributed by atoms with van der Waals surface area (Å²) in [4.78, 5) is 24.1. The van der Waals surface area contributed by atoms with Crippen molar-refractivity contribution in [1.29, 1.82) is 5.26 Å². The van der Waals surface area contributed by atoms with E-state index in [1.807, 2.05) is 60.7 Å². The van der Waals surface area contributed by atoms with Gasteiger partial charge in [-0.25, -0.2) is 9.78 Å². The maximum atomic E-state index is 13.7. The monoisotopic (exact) mass is 536 g/mol. The Hall–Kier alpha value is -4.91. The van der Waals surface area contributed by atoms with E-state index in [9.17, 15) is 4.79 Å². The standard InChI is InChI=1S/C30H32N8O2/c1-37-20-24(18-35-37)23-4-8-26(9-5-23)38(30(39)34-17-22-13-28(40-2)19-32-15-22)27-10-6-25(7-11-27)36-29-12-3-21(14-31)16-33-29/h3-5,8-9,12-13,15-16,18-20,25,27H,6-7,10-11,17H2,1-2H3,(H,33,36)(H,34,39)/t25-,27-. The lowest BCUT2D eigenvalue weighted by Crippen LogP contribution is -2.48. The van der Waals surface area contributed by atoms with Gasteiger partial charge in [-0.2, -0.15) is 10.4 Å². The Balaban J connectivity index is 1.30. The lowest BCUT2D eigenvalue weighted by atomic mass is 9.89. The molecule has 10 heteroatoms. The van der Waals surface area contributed by atoms with Crippen LogP contribution in [0.15, 0.2) is 73.4 Å². The molecule has 1 aliphatic carbocycles. The predicted molar refractivity (Wildman–Crippen MR) is 153 cm³/mol. The molecule has 2 N–H and O–H groups in total. The van der Waals surface area contributed by atoms with E-state index in [2.05, 4.69) is 31.8 Å². The second-order valence-corrected chi connectivity index (χ2v) is 9.90.